The first-order valence-electron chi connectivity index (χ1n) is 12.6. The molecule has 2 atom stereocenters. The first kappa shape index (κ1) is 27.5. The fourth-order valence-corrected chi connectivity index (χ4v) is 5.87. The highest BCUT2D eigenvalue weighted by Crippen LogP contribution is 2.47. The predicted octanol–water partition coefficient (Wildman–Crippen LogP) is 6.14. The van der Waals surface area contributed by atoms with Crippen LogP contribution in [0.3, 0.4) is 0 Å². The number of benzene rings is 1. The highest BCUT2D eigenvalue weighted by Gasteiger charge is 2.49. The number of amides is 1. The maximum Gasteiger partial charge on any atom is 0.416 e. The molecule has 204 valence electrons. The van der Waals surface area contributed by atoms with Crippen LogP contribution in [0.1, 0.15) is 74.4 Å². The Bertz CT molecular complexity index is 1040. The van der Waals surface area contributed by atoms with Crippen molar-refractivity contribution in [2.75, 3.05) is 13.1 Å². The average Bonchev–Trinajstić information content (AvgIpc) is 3.53. The molecule has 4 rings (SSSR count). The number of aromatic amines is 1. The summed E-state index contributed by atoms with van der Waals surface area (Å²) in [5.74, 6) is 1.01. The number of aromatic nitrogens is 2. The zero-order chi connectivity index (χ0) is 27.0. The van der Waals surface area contributed by atoms with Gasteiger partial charge in [-0.3, -0.25) is 4.79 Å². The zero-order valence-corrected chi connectivity index (χ0v) is 20.8. The molecule has 2 N–H and O–H groups in total. The first-order chi connectivity index (χ1) is 17.3. The highest BCUT2D eigenvalue weighted by atomic mass is 19.4. The van der Waals surface area contributed by atoms with Crippen LogP contribution in [0.2, 0.25) is 0 Å². The van der Waals surface area contributed by atoms with E-state index in [1.807, 2.05) is 20.0 Å². The SMILES string of the molecule is CC(C)[C@]1(C(=O)NCc2cc(C(F)(F)F)cc(C(F)(F)F)c2)CC[C@@H](N2CCC(c3ncc[nH]3)CC2)C1. The summed E-state index contributed by atoms with van der Waals surface area (Å²) < 4.78 is 79.2. The van der Waals surface area contributed by atoms with Gasteiger partial charge in [0.25, 0.3) is 0 Å². The van der Waals surface area contributed by atoms with E-state index in [-0.39, 0.29) is 29.5 Å². The summed E-state index contributed by atoms with van der Waals surface area (Å²) in [5.41, 5.74) is -3.73. The molecular weight excluding hydrogens is 498 g/mol. The van der Waals surface area contributed by atoms with Crippen molar-refractivity contribution in [2.24, 2.45) is 11.3 Å². The number of rotatable bonds is 6. The van der Waals surface area contributed by atoms with Gasteiger partial charge in [-0.25, -0.2) is 4.98 Å². The lowest BCUT2D eigenvalue weighted by atomic mass is 9.74. The molecule has 2 heterocycles. The zero-order valence-electron chi connectivity index (χ0n) is 20.8. The number of nitrogens with one attached hydrogen (secondary N) is 2. The second-order valence-electron chi connectivity index (χ2n) is 10.6. The van der Waals surface area contributed by atoms with E-state index in [4.69, 9.17) is 0 Å². The van der Waals surface area contributed by atoms with E-state index < -0.39 is 35.4 Å². The molecule has 0 bridgehead atoms. The molecule has 11 heteroatoms. The topological polar surface area (TPSA) is 61.0 Å². The predicted molar refractivity (Wildman–Crippen MR) is 125 cm³/mol. The van der Waals surface area contributed by atoms with E-state index >= 15 is 0 Å². The van der Waals surface area contributed by atoms with Crippen LogP contribution in [0.5, 0.6) is 0 Å². The van der Waals surface area contributed by atoms with Crippen LogP contribution in [-0.4, -0.2) is 39.9 Å². The first-order valence-corrected chi connectivity index (χ1v) is 12.6. The Balaban J connectivity index is 1.43. The van der Waals surface area contributed by atoms with Crippen molar-refractivity contribution in [2.45, 2.75) is 76.8 Å². The summed E-state index contributed by atoms with van der Waals surface area (Å²) >= 11 is 0. The van der Waals surface area contributed by atoms with Crippen molar-refractivity contribution in [1.82, 2.24) is 20.2 Å². The number of halogens is 6. The largest absolute Gasteiger partial charge is 0.416 e. The van der Waals surface area contributed by atoms with Crippen molar-refractivity contribution in [1.29, 1.82) is 0 Å². The molecule has 0 spiro atoms. The second-order valence-corrected chi connectivity index (χ2v) is 10.6. The molecule has 1 aliphatic carbocycles. The molecular formula is C26H32F6N4O. The van der Waals surface area contributed by atoms with Crippen LogP contribution in [-0.2, 0) is 23.7 Å². The summed E-state index contributed by atoms with van der Waals surface area (Å²) in [6.45, 7) is 5.25. The van der Waals surface area contributed by atoms with Gasteiger partial charge in [-0.15, -0.1) is 0 Å². The van der Waals surface area contributed by atoms with Crippen molar-refractivity contribution in [3.63, 3.8) is 0 Å². The van der Waals surface area contributed by atoms with E-state index in [2.05, 4.69) is 20.2 Å². The van der Waals surface area contributed by atoms with Gasteiger partial charge in [-0.05, 0) is 74.9 Å². The van der Waals surface area contributed by atoms with Gasteiger partial charge in [0, 0.05) is 30.9 Å². The van der Waals surface area contributed by atoms with E-state index in [1.54, 1.807) is 6.20 Å². The summed E-state index contributed by atoms with van der Waals surface area (Å²) in [4.78, 5) is 23.3. The van der Waals surface area contributed by atoms with E-state index in [0.29, 0.717) is 30.9 Å². The summed E-state index contributed by atoms with van der Waals surface area (Å²) in [5, 5.41) is 2.66. The smallest absolute Gasteiger partial charge is 0.352 e. The van der Waals surface area contributed by atoms with Crippen LogP contribution in [0.25, 0.3) is 0 Å². The van der Waals surface area contributed by atoms with Gasteiger partial charge in [0.1, 0.15) is 5.82 Å². The molecule has 1 aromatic carbocycles. The fraction of sp³-hybridized carbons (Fsp3) is 0.615. The third-order valence-corrected chi connectivity index (χ3v) is 8.13. The van der Waals surface area contributed by atoms with Gasteiger partial charge in [-0.2, -0.15) is 26.3 Å². The number of H-pyrrole nitrogens is 1. The third kappa shape index (κ3) is 5.97. The fourth-order valence-electron chi connectivity index (χ4n) is 5.87. The lowest BCUT2D eigenvalue weighted by Gasteiger charge is -2.37. The molecule has 1 amide bonds. The lowest BCUT2D eigenvalue weighted by Crippen LogP contribution is -2.45. The molecule has 0 unspecified atom stereocenters. The standard InChI is InChI=1S/C26H32F6N4O/c1-16(2)24(6-3-21(14-24)36-9-4-18(5-10-36)22-33-7-8-34-22)23(37)35-15-17-11-19(25(27,28)29)13-20(12-17)26(30,31)32/h7-8,11-13,16,18,21H,3-6,9-10,14-15H2,1-2H3,(H,33,34)(H,35,37)/t21-,24+/m1/s1. The number of imidazole rings is 1. The number of nitrogens with zero attached hydrogens (tertiary/aromatic N) is 2. The van der Waals surface area contributed by atoms with E-state index in [9.17, 15) is 31.1 Å². The van der Waals surface area contributed by atoms with Gasteiger partial charge in [0.15, 0.2) is 0 Å². The van der Waals surface area contributed by atoms with Gasteiger partial charge in [0.05, 0.1) is 16.5 Å². The van der Waals surface area contributed by atoms with Crippen LogP contribution < -0.4 is 5.32 Å². The molecule has 2 aliphatic rings. The van der Waals surface area contributed by atoms with Crippen LogP contribution >= 0.6 is 0 Å². The second kappa shape index (κ2) is 10.3. The summed E-state index contributed by atoms with van der Waals surface area (Å²) in [7, 11) is 0. The van der Waals surface area contributed by atoms with Gasteiger partial charge in [0.2, 0.25) is 5.91 Å². The summed E-state index contributed by atoms with van der Waals surface area (Å²) in [6.07, 6.45) is -2.32. The molecule has 0 radical (unpaired) electrons. The van der Waals surface area contributed by atoms with Gasteiger partial charge in [-0.1, -0.05) is 13.8 Å². The molecule has 2 aromatic rings. The van der Waals surface area contributed by atoms with Crippen molar-refractivity contribution >= 4 is 5.91 Å². The Labute approximate surface area is 212 Å². The maximum absolute atomic E-state index is 13.4. The maximum atomic E-state index is 13.4. The number of piperidine rings is 1. The van der Waals surface area contributed by atoms with Crippen molar-refractivity contribution in [3.05, 3.63) is 53.1 Å². The highest BCUT2D eigenvalue weighted by molar-refractivity contribution is 5.83. The molecule has 1 saturated carbocycles. The lowest BCUT2D eigenvalue weighted by molar-refractivity contribution is -0.143. The number of hydrogen-bond acceptors (Lipinski definition) is 3. The molecule has 1 aliphatic heterocycles. The van der Waals surface area contributed by atoms with Crippen LogP contribution in [0, 0.1) is 11.3 Å². The monoisotopic (exact) mass is 530 g/mol. The number of alkyl halides is 6. The minimum Gasteiger partial charge on any atom is -0.352 e. The Morgan fingerprint density at radius 1 is 1.08 bits per heavy atom. The van der Waals surface area contributed by atoms with Crippen LogP contribution in [0.15, 0.2) is 30.6 Å². The van der Waals surface area contributed by atoms with Gasteiger partial charge >= 0.3 is 12.4 Å². The Kier molecular flexibility index (Phi) is 7.65. The number of hydrogen-bond donors (Lipinski definition) is 2. The Hall–Kier alpha value is -2.56. The normalized spacial score (nSPS) is 24.1. The van der Waals surface area contributed by atoms with E-state index in [1.165, 1.54) is 0 Å². The van der Waals surface area contributed by atoms with Crippen molar-refractivity contribution < 1.29 is 31.1 Å². The van der Waals surface area contributed by atoms with Crippen molar-refractivity contribution in [3.8, 4) is 0 Å². The number of carbonyl (C=O) groups excluding carboxylic acids is 1. The Morgan fingerprint density at radius 2 is 1.70 bits per heavy atom. The molecule has 1 saturated heterocycles. The van der Waals surface area contributed by atoms with Gasteiger partial charge < -0.3 is 15.2 Å². The Morgan fingerprint density at radius 3 is 2.22 bits per heavy atom. The third-order valence-electron chi connectivity index (χ3n) is 8.13. The molecule has 1 aromatic heterocycles. The molecule has 2 fully saturated rings. The number of carbonyl (C=O) groups is 1. The number of likely N-dealkylation sites (tertiary alicyclic amines) is 1. The quantitative estimate of drug-likeness (QED) is 0.442. The molecule has 37 heavy (non-hydrogen) atoms. The van der Waals surface area contributed by atoms with Crippen LogP contribution in [0.4, 0.5) is 26.3 Å². The molecule has 5 nitrogen and oxygen atoms in total. The van der Waals surface area contributed by atoms with E-state index in [0.717, 1.165) is 38.2 Å². The summed E-state index contributed by atoms with van der Waals surface area (Å²) in [6, 6.07) is 1.63. The minimum absolute atomic E-state index is 0.0367. The minimum atomic E-state index is -4.93. The average molecular weight is 531 g/mol.